The van der Waals surface area contributed by atoms with Crippen molar-refractivity contribution in [2.24, 2.45) is 4.99 Å². The molecule has 27 heavy (non-hydrogen) atoms. The minimum Gasteiger partial charge on any atom is -0.352 e. The number of hydrogen-bond donors (Lipinski definition) is 2. The normalized spacial score (nSPS) is 11.1. The summed E-state index contributed by atoms with van der Waals surface area (Å²) in [4.78, 5) is 22.3. The minimum absolute atomic E-state index is 0. The number of carbonyl (C=O) groups excluding carboxylic acids is 1. The number of carbonyl (C=O) groups is 1. The largest absolute Gasteiger partial charge is 0.352 e. The highest BCUT2D eigenvalue weighted by molar-refractivity contribution is 14.0. The van der Waals surface area contributed by atoms with Gasteiger partial charge in [-0.3, -0.25) is 9.79 Å². The van der Waals surface area contributed by atoms with Crippen LogP contribution in [0.1, 0.15) is 46.4 Å². The molecule has 2 rings (SSSR count). The Balaban J connectivity index is 0.00000364. The third-order valence-corrected chi connectivity index (χ3v) is 4.73. The maximum absolute atomic E-state index is 11.9. The van der Waals surface area contributed by atoms with Gasteiger partial charge in [0.15, 0.2) is 5.96 Å². The highest BCUT2D eigenvalue weighted by atomic mass is 127. The van der Waals surface area contributed by atoms with Gasteiger partial charge in [-0.2, -0.15) is 0 Å². The van der Waals surface area contributed by atoms with E-state index >= 15 is 0 Å². The van der Waals surface area contributed by atoms with Crippen LogP contribution in [0.5, 0.6) is 0 Å². The van der Waals surface area contributed by atoms with Crippen molar-refractivity contribution in [2.75, 3.05) is 21.1 Å². The zero-order chi connectivity index (χ0) is 19.1. The highest BCUT2D eigenvalue weighted by Gasteiger charge is 2.08. The van der Waals surface area contributed by atoms with Crippen molar-refractivity contribution in [3.63, 3.8) is 0 Å². The van der Waals surface area contributed by atoms with Crippen molar-refractivity contribution in [3.05, 3.63) is 51.5 Å². The van der Waals surface area contributed by atoms with E-state index in [-0.39, 0.29) is 29.9 Å². The lowest BCUT2D eigenvalue weighted by atomic mass is 10.1. The van der Waals surface area contributed by atoms with Crippen molar-refractivity contribution in [1.29, 1.82) is 0 Å². The smallest absolute Gasteiger partial charge is 0.253 e. The molecule has 8 heteroatoms. The molecular weight excluding hydrogens is 473 g/mol. The molecule has 0 saturated carbocycles. The lowest BCUT2D eigenvalue weighted by Gasteiger charge is -2.12. The van der Waals surface area contributed by atoms with Gasteiger partial charge in [0.25, 0.3) is 5.91 Å². The molecule has 148 valence electrons. The van der Waals surface area contributed by atoms with E-state index in [2.05, 4.69) is 39.8 Å². The second-order valence-electron chi connectivity index (χ2n) is 6.50. The molecule has 0 saturated heterocycles. The molecule has 0 atom stereocenters. The maximum atomic E-state index is 11.9. The maximum Gasteiger partial charge on any atom is 0.253 e. The van der Waals surface area contributed by atoms with Crippen LogP contribution in [-0.4, -0.2) is 42.9 Å². The number of benzene rings is 1. The van der Waals surface area contributed by atoms with Crippen LogP contribution in [0, 0.1) is 0 Å². The molecule has 0 aliphatic rings. The molecule has 0 aliphatic heterocycles. The van der Waals surface area contributed by atoms with Crippen LogP contribution in [0.15, 0.2) is 34.6 Å². The van der Waals surface area contributed by atoms with Crippen molar-refractivity contribution < 1.29 is 4.79 Å². The van der Waals surface area contributed by atoms with Gasteiger partial charge in [0.2, 0.25) is 0 Å². The van der Waals surface area contributed by atoms with Crippen LogP contribution in [0.3, 0.4) is 0 Å². The fourth-order valence-electron chi connectivity index (χ4n) is 2.26. The Morgan fingerprint density at radius 1 is 1.19 bits per heavy atom. The predicted molar refractivity (Wildman–Crippen MR) is 123 cm³/mol. The second kappa shape index (κ2) is 11.2. The van der Waals surface area contributed by atoms with Crippen molar-refractivity contribution in [2.45, 2.75) is 32.9 Å². The number of rotatable bonds is 6. The van der Waals surface area contributed by atoms with Crippen LogP contribution in [0.25, 0.3) is 0 Å². The zero-order valence-electron chi connectivity index (χ0n) is 16.4. The van der Waals surface area contributed by atoms with Gasteiger partial charge in [-0.15, -0.1) is 35.3 Å². The first-order valence-electron chi connectivity index (χ1n) is 8.60. The van der Waals surface area contributed by atoms with Gasteiger partial charge >= 0.3 is 0 Å². The number of halogens is 1. The fraction of sp³-hybridized carbons (Fsp3) is 0.421. The van der Waals surface area contributed by atoms with Gasteiger partial charge in [-0.25, -0.2) is 4.98 Å². The molecule has 0 spiro atoms. The molecular formula is C19H28IN5OS. The van der Waals surface area contributed by atoms with Crippen molar-refractivity contribution in [1.82, 2.24) is 20.5 Å². The summed E-state index contributed by atoms with van der Waals surface area (Å²) in [7, 11) is 5.25. The van der Waals surface area contributed by atoms with Crippen LogP contribution >= 0.6 is 35.3 Å². The number of nitrogens with zero attached hydrogens (tertiary/aromatic N) is 3. The van der Waals surface area contributed by atoms with E-state index in [1.165, 1.54) is 0 Å². The topological polar surface area (TPSA) is 69.6 Å². The summed E-state index contributed by atoms with van der Waals surface area (Å²) < 4.78 is 0. The van der Waals surface area contributed by atoms with Gasteiger partial charge < -0.3 is 15.5 Å². The summed E-state index contributed by atoms with van der Waals surface area (Å²) in [5.41, 5.74) is 2.90. The highest BCUT2D eigenvalue weighted by Crippen LogP contribution is 2.17. The molecule has 1 heterocycles. The number of guanidine groups is 1. The first-order valence-corrected chi connectivity index (χ1v) is 9.48. The van der Waals surface area contributed by atoms with E-state index in [1.54, 1.807) is 37.4 Å². The Hall–Kier alpha value is -1.68. The molecule has 0 unspecified atom stereocenters. The Kier molecular flexibility index (Phi) is 9.71. The van der Waals surface area contributed by atoms with Gasteiger partial charge in [0.05, 0.1) is 12.2 Å². The number of thiazole rings is 1. The quantitative estimate of drug-likeness (QED) is 0.362. The number of aromatic nitrogens is 1. The number of amides is 1. The summed E-state index contributed by atoms with van der Waals surface area (Å²) in [6.07, 6.45) is 0. The molecule has 1 amide bonds. The molecule has 0 fully saturated rings. The summed E-state index contributed by atoms with van der Waals surface area (Å²) in [6, 6.07) is 7.59. The molecule has 1 aromatic carbocycles. The van der Waals surface area contributed by atoms with E-state index < -0.39 is 0 Å². The lowest BCUT2D eigenvalue weighted by Crippen LogP contribution is -2.36. The van der Waals surface area contributed by atoms with E-state index in [0.717, 1.165) is 22.2 Å². The Morgan fingerprint density at radius 3 is 2.33 bits per heavy atom. The average molecular weight is 501 g/mol. The zero-order valence-corrected chi connectivity index (χ0v) is 19.6. The monoisotopic (exact) mass is 501 g/mol. The Bertz CT molecular complexity index is 756. The van der Waals surface area contributed by atoms with Crippen LogP contribution in [0.2, 0.25) is 0 Å². The van der Waals surface area contributed by atoms with Crippen LogP contribution in [0.4, 0.5) is 0 Å². The van der Waals surface area contributed by atoms with Crippen LogP contribution in [-0.2, 0) is 13.1 Å². The predicted octanol–water partition coefficient (Wildman–Crippen LogP) is 3.45. The van der Waals surface area contributed by atoms with Gasteiger partial charge in [0, 0.05) is 38.6 Å². The third-order valence-electron chi connectivity index (χ3n) is 3.86. The van der Waals surface area contributed by atoms with Gasteiger partial charge in [0.1, 0.15) is 5.01 Å². The van der Waals surface area contributed by atoms with Crippen molar-refractivity contribution >= 4 is 47.2 Å². The van der Waals surface area contributed by atoms with E-state index in [4.69, 9.17) is 0 Å². The summed E-state index contributed by atoms with van der Waals surface area (Å²) >= 11 is 1.66. The molecule has 2 aromatic rings. The number of nitrogens with one attached hydrogen (secondary N) is 2. The van der Waals surface area contributed by atoms with E-state index in [9.17, 15) is 4.79 Å². The number of aliphatic imine (C=N–C) groups is 1. The second-order valence-corrected chi connectivity index (χ2v) is 7.44. The first-order chi connectivity index (χ1) is 12.4. The summed E-state index contributed by atoms with van der Waals surface area (Å²) in [5, 5.41) is 9.71. The summed E-state index contributed by atoms with van der Waals surface area (Å²) in [5.74, 6) is 1.17. The average Bonchev–Trinajstić information content (AvgIpc) is 3.11. The SMILES string of the molecule is CN=C(NCc1ccc(C(=O)N(C)C)cc1)NCc1nc(C(C)C)cs1.I. The molecule has 0 bridgehead atoms. The third kappa shape index (κ3) is 7.10. The molecule has 0 radical (unpaired) electrons. The molecule has 2 N–H and O–H groups in total. The van der Waals surface area contributed by atoms with E-state index in [0.29, 0.717) is 24.6 Å². The minimum atomic E-state index is 0. The molecule has 0 aliphatic carbocycles. The molecule has 6 nitrogen and oxygen atoms in total. The Morgan fingerprint density at radius 2 is 1.81 bits per heavy atom. The van der Waals surface area contributed by atoms with E-state index in [1.807, 2.05) is 24.3 Å². The van der Waals surface area contributed by atoms with Crippen LogP contribution < -0.4 is 10.6 Å². The number of hydrogen-bond acceptors (Lipinski definition) is 4. The van der Waals surface area contributed by atoms with Gasteiger partial charge in [-0.05, 0) is 23.6 Å². The fourth-order valence-corrected chi connectivity index (χ4v) is 3.16. The van der Waals surface area contributed by atoms with Crippen molar-refractivity contribution in [3.8, 4) is 0 Å². The van der Waals surface area contributed by atoms with Gasteiger partial charge in [-0.1, -0.05) is 26.0 Å². The lowest BCUT2D eigenvalue weighted by molar-refractivity contribution is 0.0827. The standard InChI is InChI=1S/C19H27N5OS.HI/c1-13(2)16-12-26-17(23-16)11-22-19(20-3)21-10-14-6-8-15(9-7-14)18(25)24(4)5;/h6-9,12-13H,10-11H2,1-5H3,(H2,20,21,22);1H. The molecule has 1 aromatic heterocycles. The first kappa shape index (κ1) is 23.4. The summed E-state index contributed by atoms with van der Waals surface area (Å²) in [6.45, 7) is 5.56. The Labute approximate surface area is 182 Å².